The fraction of sp³-hybridized carbons (Fsp3) is 0.458. The summed E-state index contributed by atoms with van der Waals surface area (Å²) in [7, 11) is -2.57. The number of fused-ring (bicyclic) bond motifs is 3. The number of hydrogen-bond donors (Lipinski definition) is 2. The molecule has 1 fully saturated rings. The van der Waals surface area contributed by atoms with E-state index in [1.54, 1.807) is 0 Å². The van der Waals surface area contributed by atoms with Crippen molar-refractivity contribution >= 4 is 16.4 Å². The van der Waals surface area contributed by atoms with Gasteiger partial charge in [-0.3, -0.25) is 18.6 Å². The number of nitrogens with zero attached hydrogens (tertiary/aromatic N) is 3. The zero-order valence-corrected chi connectivity index (χ0v) is 18.6. The SMILES string of the molecule is C[C@H]1C(=O)C(C#N)=C[C@@]2(C)c3nn(C4CCS(O)(O)C4)c(-c4ccccc4)c3CC[C@H]12. The number of carbonyl (C=O) groups is 1. The monoisotopic (exact) mass is 437 g/mol. The molecule has 0 saturated carbocycles. The van der Waals surface area contributed by atoms with E-state index in [0.29, 0.717) is 17.9 Å². The Bertz CT molecular complexity index is 1130. The predicted octanol–water partition coefficient (Wildman–Crippen LogP) is 4.73. The van der Waals surface area contributed by atoms with Gasteiger partial charge in [-0.1, -0.05) is 50.3 Å². The highest BCUT2D eigenvalue weighted by atomic mass is 32.3. The van der Waals surface area contributed by atoms with Crippen LogP contribution in [-0.4, -0.2) is 36.2 Å². The van der Waals surface area contributed by atoms with E-state index in [4.69, 9.17) is 5.10 Å². The van der Waals surface area contributed by atoms with Crippen molar-refractivity contribution in [3.05, 3.63) is 53.2 Å². The number of hydrogen-bond acceptors (Lipinski definition) is 5. The van der Waals surface area contributed by atoms with Crippen LogP contribution in [0.25, 0.3) is 11.3 Å². The van der Waals surface area contributed by atoms with E-state index in [2.05, 4.69) is 25.1 Å². The molecule has 7 heteroatoms. The summed E-state index contributed by atoms with van der Waals surface area (Å²) >= 11 is 0. The number of nitriles is 1. The molecule has 0 amide bonds. The summed E-state index contributed by atoms with van der Waals surface area (Å²) in [5.74, 6) is 0.533. The molecule has 0 bridgehead atoms. The normalized spacial score (nSPS) is 32.5. The van der Waals surface area contributed by atoms with Crippen molar-refractivity contribution in [2.24, 2.45) is 11.8 Å². The summed E-state index contributed by atoms with van der Waals surface area (Å²) < 4.78 is 22.6. The molecule has 2 heterocycles. The summed E-state index contributed by atoms with van der Waals surface area (Å²) in [4.78, 5) is 12.7. The largest absolute Gasteiger partial charge is 0.299 e. The average Bonchev–Trinajstić information content (AvgIpc) is 3.32. The fourth-order valence-corrected chi connectivity index (χ4v) is 7.64. The highest BCUT2D eigenvalue weighted by Gasteiger charge is 2.50. The van der Waals surface area contributed by atoms with Crippen LogP contribution in [0.1, 0.15) is 44.0 Å². The van der Waals surface area contributed by atoms with Crippen LogP contribution >= 0.6 is 10.6 Å². The lowest BCUT2D eigenvalue weighted by molar-refractivity contribution is -0.121. The van der Waals surface area contributed by atoms with Gasteiger partial charge in [0.1, 0.15) is 6.07 Å². The maximum Gasteiger partial charge on any atom is 0.176 e. The van der Waals surface area contributed by atoms with Gasteiger partial charge in [-0.05, 0) is 25.2 Å². The first-order valence-electron chi connectivity index (χ1n) is 10.8. The number of benzene rings is 1. The summed E-state index contributed by atoms with van der Waals surface area (Å²) in [6, 6.07) is 12.2. The standard InChI is InChI=1S/C24H27N3O3S/c1-15-20-9-8-19-21(16-6-4-3-5-7-16)27(18-10-11-31(29,30)14-18)26-23(19)24(20,2)12-17(13-25)22(15)28/h3-7,12,15,18,20,29-30H,8-11,14H2,1-2H3/t15-,18?,20-,24-/m1/s1. The Balaban J connectivity index is 1.73. The van der Waals surface area contributed by atoms with Crippen LogP contribution in [-0.2, 0) is 16.6 Å². The van der Waals surface area contributed by atoms with Crippen molar-refractivity contribution in [1.82, 2.24) is 9.78 Å². The summed E-state index contributed by atoms with van der Waals surface area (Å²) in [6.45, 7) is 4.03. The zero-order valence-electron chi connectivity index (χ0n) is 17.8. The lowest BCUT2D eigenvalue weighted by atomic mass is 9.58. The van der Waals surface area contributed by atoms with Crippen LogP contribution in [0, 0.1) is 23.2 Å². The van der Waals surface area contributed by atoms with E-state index in [0.717, 1.165) is 35.4 Å². The third kappa shape index (κ3) is 3.08. The maximum absolute atomic E-state index is 12.7. The molecule has 2 aliphatic carbocycles. The predicted molar refractivity (Wildman–Crippen MR) is 121 cm³/mol. The van der Waals surface area contributed by atoms with Crippen LogP contribution in [0.3, 0.4) is 0 Å². The number of carbonyl (C=O) groups excluding carboxylic acids is 1. The average molecular weight is 438 g/mol. The van der Waals surface area contributed by atoms with E-state index < -0.39 is 16.0 Å². The highest BCUT2D eigenvalue weighted by Crippen LogP contribution is 2.54. The van der Waals surface area contributed by atoms with Gasteiger partial charge in [-0.15, -0.1) is 0 Å². The molecule has 1 saturated heterocycles. The molecular weight excluding hydrogens is 410 g/mol. The molecule has 2 aromatic rings. The molecule has 1 aromatic carbocycles. The van der Waals surface area contributed by atoms with Gasteiger partial charge in [0, 0.05) is 28.2 Å². The quantitative estimate of drug-likeness (QED) is 0.707. The molecule has 162 valence electrons. The molecule has 31 heavy (non-hydrogen) atoms. The molecule has 1 aromatic heterocycles. The Morgan fingerprint density at radius 1 is 1.26 bits per heavy atom. The van der Waals surface area contributed by atoms with E-state index in [1.165, 1.54) is 0 Å². The zero-order chi connectivity index (χ0) is 22.0. The van der Waals surface area contributed by atoms with Crippen molar-refractivity contribution in [3.63, 3.8) is 0 Å². The molecule has 0 radical (unpaired) electrons. The Hall–Kier alpha value is -2.40. The topological polar surface area (TPSA) is 99.1 Å². The minimum absolute atomic E-state index is 0.0686. The third-order valence-corrected chi connectivity index (χ3v) is 9.28. The highest BCUT2D eigenvalue weighted by molar-refractivity contribution is 8.24. The third-order valence-electron chi connectivity index (χ3n) is 7.47. The summed E-state index contributed by atoms with van der Waals surface area (Å²) in [6.07, 6.45) is 4.19. The molecule has 4 atom stereocenters. The van der Waals surface area contributed by atoms with Crippen LogP contribution in [0.4, 0.5) is 0 Å². The van der Waals surface area contributed by atoms with Gasteiger partial charge in [0.05, 0.1) is 28.8 Å². The molecule has 5 rings (SSSR count). The van der Waals surface area contributed by atoms with Crippen molar-refractivity contribution in [1.29, 1.82) is 5.26 Å². The lowest BCUT2D eigenvalue weighted by Gasteiger charge is -2.44. The molecular formula is C24H27N3O3S. The number of ketones is 1. The van der Waals surface area contributed by atoms with Crippen LogP contribution in [0.2, 0.25) is 0 Å². The molecule has 2 N–H and O–H groups in total. The second-order valence-electron chi connectivity index (χ2n) is 9.35. The van der Waals surface area contributed by atoms with Gasteiger partial charge in [0.15, 0.2) is 5.78 Å². The van der Waals surface area contributed by atoms with Gasteiger partial charge < -0.3 is 0 Å². The number of allylic oxidation sites excluding steroid dienone is 2. The first kappa shape index (κ1) is 20.5. The molecule has 1 unspecified atom stereocenters. The van der Waals surface area contributed by atoms with Gasteiger partial charge in [-0.25, -0.2) is 0 Å². The second-order valence-corrected chi connectivity index (χ2v) is 11.7. The van der Waals surface area contributed by atoms with Crippen molar-refractivity contribution < 1.29 is 13.9 Å². The van der Waals surface area contributed by atoms with Crippen LogP contribution in [0.5, 0.6) is 0 Å². The lowest BCUT2D eigenvalue weighted by Crippen LogP contribution is -2.45. The van der Waals surface area contributed by atoms with E-state index in [1.807, 2.05) is 35.9 Å². The Morgan fingerprint density at radius 3 is 2.65 bits per heavy atom. The molecule has 3 aliphatic rings. The summed E-state index contributed by atoms with van der Waals surface area (Å²) in [5.41, 5.74) is 3.91. The van der Waals surface area contributed by atoms with Gasteiger partial charge in [0.2, 0.25) is 0 Å². The van der Waals surface area contributed by atoms with Gasteiger partial charge >= 0.3 is 0 Å². The van der Waals surface area contributed by atoms with Gasteiger partial charge in [-0.2, -0.15) is 21.0 Å². The van der Waals surface area contributed by atoms with E-state index in [-0.39, 0.29) is 29.2 Å². The van der Waals surface area contributed by atoms with Crippen molar-refractivity contribution in [2.75, 3.05) is 11.5 Å². The van der Waals surface area contributed by atoms with Crippen LogP contribution < -0.4 is 0 Å². The summed E-state index contributed by atoms with van der Waals surface area (Å²) in [5, 5.41) is 14.7. The fourth-order valence-electron chi connectivity index (χ4n) is 5.90. The second kappa shape index (κ2) is 7.06. The molecule has 0 spiro atoms. The molecule has 6 nitrogen and oxygen atoms in total. The maximum atomic E-state index is 12.7. The Morgan fingerprint density at radius 2 is 2.00 bits per heavy atom. The smallest absolute Gasteiger partial charge is 0.176 e. The van der Waals surface area contributed by atoms with Gasteiger partial charge in [0.25, 0.3) is 0 Å². The Kier molecular flexibility index (Phi) is 4.67. The van der Waals surface area contributed by atoms with E-state index >= 15 is 0 Å². The van der Waals surface area contributed by atoms with E-state index in [9.17, 15) is 19.2 Å². The van der Waals surface area contributed by atoms with Crippen molar-refractivity contribution in [2.45, 2.75) is 44.6 Å². The Labute approximate surface area is 183 Å². The first-order chi connectivity index (χ1) is 14.7. The first-order valence-corrected chi connectivity index (χ1v) is 12.7. The minimum Gasteiger partial charge on any atom is -0.299 e. The van der Waals surface area contributed by atoms with Crippen molar-refractivity contribution in [3.8, 4) is 17.3 Å². The molecule has 1 aliphatic heterocycles. The van der Waals surface area contributed by atoms with Crippen LogP contribution in [0.15, 0.2) is 42.0 Å². The minimum atomic E-state index is -2.57. The number of rotatable bonds is 2. The number of aromatic nitrogens is 2. The number of Topliss-reactive ketones (excluding diaryl/α,β-unsaturated/α-hetero) is 1.